The smallest absolute Gasteiger partial charge is 0.150 e. The van der Waals surface area contributed by atoms with E-state index < -0.39 is 0 Å². The normalized spacial score (nSPS) is 32.3. The standard InChI is InChI=1S/C18H26N2O2/c1-11(2)18(12(3)4)14-7-9-17(16(14)20-22-18)8-5-6-13-10-21-19-15(13)17/h10-12,14H,5-9H2,1-4H3/t14-,17-/m1/s1. The van der Waals surface area contributed by atoms with Gasteiger partial charge in [-0.25, -0.2) is 0 Å². The van der Waals surface area contributed by atoms with Crippen LogP contribution in [0.4, 0.5) is 0 Å². The quantitative estimate of drug-likeness (QED) is 0.826. The summed E-state index contributed by atoms with van der Waals surface area (Å²) in [5, 5.41) is 9.06. The van der Waals surface area contributed by atoms with Crippen LogP contribution in [0.1, 0.15) is 64.6 Å². The molecule has 1 aromatic heterocycles. The molecule has 1 spiro atoms. The lowest BCUT2D eigenvalue weighted by molar-refractivity contribution is -0.113. The monoisotopic (exact) mass is 302 g/mol. The molecule has 4 heteroatoms. The zero-order chi connectivity index (χ0) is 15.5. The molecule has 0 aromatic carbocycles. The van der Waals surface area contributed by atoms with Crippen molar-refractivity contribution in [2.75, 3.05) is 0 Å². The highest BCUT2D eigenvalue weighted by Crippen LogP contribution is 2.57. The largest absolute Gasteiger partial charge is 0.388 e. The maximum absolute atomic E-state index is 6.18. The van der Waals surface area contributed by atoms with Crippen LogP contribution >= 0.6 is 0 Å². The van der Waals surface area contributed by atoms with Gasteiger partial charge in [0.05, 0.1) is 16.8 Å². The third-order valence-electron chi connectivity index (χ3n) is 6.48. The molecule has 2 heterocycles. The first-order chi connectivity index (χ1) is 10.5. The molecule has 120 valence electrons. The van der Waals surface area contributed by atoms with Crippen molar-refractivity contribution in [2.45, 2.75) is 70.8 Å². The molecule has 2 aliphatic carbocycles. The summed E-state index contributed by atoms with van der Waals surface area (Å²) in [5.41, 5.74) is 3.51. The number of nitrogens with zero attached hydrogens (tertiary/aromatic N) is 2. The number of hydrogen-bond donors (Lipinski definition) is 0. The van der Waals surface area contributed by atoms with Crippen LogP contribution in [-0.2, 0) is 16.7 Å². The predicted octanol–water partition coefficient (Wildman–Crippen LogP) is 4.10. The molecule has 3 aliphatic rings. The van der Waals surface area contributed by atoms with Crippen LogP contribution in [0.5, 0.6) is 0 Å². The van der Waals surface area contributed by atoms with E-state index in [-0.39, 0.29) is 11.0 Å². The van der Waals surface area contributed by atoms with Gasteiger partial charge in [-0.2, -0.15) is 0 Å². The second-order valence-electron chi connectivity index (χ2n) is 7.95. The molecule has 0 bridgehead atoms. The molecular formula is C18H26N2O2. The number of aromatic nitrogens is 1. The Bertz CT molecular complexity index is 608. The zero-order valence-electron chi connectivity index (χ0n) is 14.1. The number of aryl methyl sites for hydroxylation is 1. The Morgan fingerprint density at radius 2 is 1.95 bits per heavy atom. The van der Waals surface area contributed by atoms with E-state index in [4.69, 9.17) is 9.36 Å². The van der Waals surface area contributed by atoms with Gasteiger partial charge in [-0.15, -0.1) is 0 Å². The van der Waals surface area contributed by atoms with Crippen LogP contribution in [0.25, 0.3) is 0 Å². The fraction of sp³-hybridized carbons (Fsp3) is 0.778. The lowest BCUT2D eigenvalue weighted by atomic mass is 9.66. The SMILES string of the molecule is CC(C)C1(C(C)C)ON=C2[C@H]1CC[C@@]21CCCc2conc21. The fourth-order valence-corrected chi connectivity index (χ4v) is 5.47. The zero-order valence-corrected chi connectivity index (χ0v) is 14.1. The average molecular weight is 302 g/mol. The summed E-state index contributed by atoms with van der Waals surface area (Å²) in [5.74, 6) is 1.33. The minimum absolute atomic E-state index is 0.0171. The molecule has 0 N–H and O–H groups in total. The van der Waals surface area contributed by atoms with Gasteiger partial charge in [0, 0.05) is 11.5 Å². The van der Waals surface area contributed by atoms with Crippen molar-refractivity contribution in [1.29, 1.82) is 0 Å². The molecule has 4 rings (SSSR count). The lowest BCUT2D eigenvalue weighted by Crippen LogP contribution is -2.48. The minimum atomic E-state index is -0.153. The summed E-state index contributed by atoms with van der Waals surface area (Å²) in [4.78, 5) is 6.18. The van der Waals surface area contributed by atoms with Crippen LogP contribution in [-0.4, -0.2) is 16.5 Å². The van der Waals surface area contributed by atoms with Crippen molar-refractivity contribution in [3.05, 3.63) is 17.5 Å². The molecular weight excluding hydrogens is 276 g/mol. The van der Waals surface area contributed by atoms with Crippen molar-refractivity contribution >= 4 is 5.71 Å². The third-order valence-corrected chi connectivity index (χ3v) is 6.48. The lowest BCUT2D eigenvalue weighted by Gasteiger charge is -2.39. The summed E-state index contributed by atoms with van der Waals surface area (Å²) in [6.07, 6.45) is 7.53. The van der Waals surface area contributed by atoms with Crippen molar-refractivity contribution in [3.8, 4) is 0 Å². The average Bonchev–Trinajstić information content (AvgIpc) is 3.15. The van der Waals surface area contributed by atoms with Gasteiger partial charge >= 0.3 is 0 Å². The predicted molar refractivity (Wildman–Crippen MR) is 84.8 cm³/mol. The molecule has 1 aromatic rings. The van der Waals surface area contributed by atoms with Crippen molar-refractivity contribution in [1.82, 2.24) is 5.16 Å². The highest BCUT2D eigenvalue weighted by molar-refractivity contribution is 6.00. The van der Waals surface area contributed by atoms with Gasteiger partial charge in [0.2, 0.25) is 0 Å². The Morgan fingerprint density at radius 1 is 1.18 bits per heavy atom. The van der Waals surface area contributed by atoms with E-state index in [9.17, 15) is 0 Å². The fourth-order valence-electron chi connectivity index (χ4n) is 5.47. The molecule has 1 saturated carbocycles. The highest BCUT2D eigenvalue weighted by atomic mass is 16.7. The number of fused-ring (bicyclic) bond motifs is 4. The van der Waals surface area contributed by atoms with Gasteiger partial charge in [-0.05, 0) is 43.9 Å². The second kappa shape index (κ2) is 4.59. The van der Waals surface area contributed by atoms with Gasteiger partial charge in [-0.1, -0.05) is 38.0 Å². The van der Waals surface area contributed by atoms with Gasteiger partial charge in [0.1, 0.15) is 11.9 Å². The Morgan fingerprint density at radius 3 is 2.68 bits per heavy atom. The summed E-state index contributed by atoms with van der Waals surface area (Å²) in [7, 11) is 0. The van der Waals surface area contributed by atoms with Gasteiger partial charge in [-0.3, -0.25) is 0 Å². The number of rotatable bonds is 2. The number of oxime groups is 1. The first kappa shape index (κ1) is 14.3. The minimum Gasteiger partial charge on any atom is -0.388 e. The number of hydrogen-bond acceptors (Lipinski definition) is 4. The van der Waals surface area contributed by atoms with Crippen molar-refractivity contribution in [3.63, 3.8) is 0 Å². The van der Waals surface area contributed by atoms with E-state index in [1.54, 1.807) is 0 Å². The molecule has 0 radical (unpaired) electrons. The molecule has 0 saturated heterocycles. The van der Waals surface area contributed by atoms with Crippen LogP contribution in [0.15, 0.2) is 15.9 Å². The van der Waals surface area contributed by atoms with Crippen LogP contribution < -0.4 is 0 Å². The maximum atomic E-state index is 6.18. The first-order valence-corrected chi connectivity index (χ1v) is 8.72. The van der Waals surface area contributed by atoms with E-state index in [1.165, 1.54) is 17.7 Å². The van der Waals surface area contributed by atoms with Crippen molar-refractivity contribution < 1.29 is 9.36 Å². The molecule has 0 amide bonds. The molecule has 0 unspecified atom stereocenters. The van der Waals surface area contributed by atoms with E-state index >= 15 is 0 Å². The third kappa shape index (κ3) is 1.53. The Balaban J connectivity index is 1.79. The van der Waals surface area contributed by atoms with E-state index in [2.05, 4.69) is 38.0 Å². The summed E-state index contributed by atoms with van der Waals surface area (Å²) in [6, 6.07) is 0. The van der Waals surface area contributed by atoms with Gasteiger partial charge in [0.15, 0.2) is 0 Å². The van der Waals surface area contributed by atoms with Crippen LogP contribution in [0, 0.1) is 17.8 Å². The maximum Gasteiger partial charge on any atom is 0.150 e. The van der Waals surface area contributed by atoms with Gasteiger partial charge in [0.25, 0.3) is 0 Å². The van der Waals surface area contributed by atoms with E-state index in [0.717, 1.165) is 31.4 Å². The Hall–Kier alpha value is -1.32. The van der Waals surface area contributed by atoms with Crippen LogP contribution in [0.2, 0.25) is 0 Å². The molecule has 4 nitrogen and oxygen atoms in total. The van der Waals surface area contributed by atoms with E-state index in [0.29, 0.717) is 17.8 Å². The first-order valence-electron chi connectivity index (χ1n) is 8.72. The topological polar surface area (TPSA) is 47.6 Å². The summed E-state index contributed by atoms with van der Waals surface area (Å²) in [6.45, 7) is 9.08. The Kier molecular flexibility index (Phi) is 2.98. The van der Waals surface area contributed by atoms with E-state index in [1.807, 2.05) is 6.26 Å². The summed E-state index contributed by atoms with van der Waals surface area (Å²) < 4.78 is 5.30. The molecule has 1 fully saturated rings. The van der Waals surface area contributed by atoms with Gasteiger partial charge < -0.3 is 9.36 Å². The van der Waals surface area contributed by atoms with Crippen molar-refractivity contribution in [2.24, 2.45) is 22.9 Å². The van der Waals surface area contributed by atoms with Crippen LogP contribution in [0.3, 0.4) is 0 Å². The summed E-state index contributed by atoms with van der Waals surface area (Å²) >= 11 is 0. The molecule has 22 heavy (non-hydrogen) atoms. The highest BCUT2D eigenvalue weighted by Gasteiger charge is 2.63. The Labute approximate surface area is 132 Å². The second-order valence-corrected chi connectivity index (χ2v) is 7.95. The molecule has 2 atom stereocenters. The molecule has 1 aliphatic heterocycles.